The quantitative estimate of drug-likeness (QED) is 0.736. The summed E-state index contributed by atoms with van der Waals surface area (Å²) >= 11 is 0. The van der Waals surface area contributed by atoms with Crippen molar-refractivity contribution in [3.63, 3.8) is 0 Å². The number of nitrogens with one attached hydrogen (secondary N) is 2. The monoisotopic (exact) mass is 265 g/mol. The highest BCUT2D eigenvalue weighted by Gasteiger charge is 2.13. The van der Waals surface area contributed by atoms with Crippen LogP contribution < -0.4 is 15.5 Å². The molecular formula is C13H23N5O. The lowest BCUT2D eigenvalue weighted by Gasteiger charge is -2.28. The number of aromatic nitrogens is 2. The number of methoxy groups -OCH3 is 1. The van der Waals surface area contributed by atoms with E-state index in [4.69, 9.17) is 4.74 Å². The Morgan fingerprint density at radius 1 is 1.37 bits per heavy atom. The number of hydrogen-bond acceptors (Lipinski definition) is 6. The van der Waals surface area contributed by atoms with Crippen LogP contribution in [0.5, 0.6) is 0 Å². The maximum absolute atomic E-state index is 5.03. The van der Waals surface area contributed by atoms with E-state index in [9.17, 15) is 0 Å². The summed E-state index contributed by atoms with van der Waals surface area (Å²) in [6.07, 6.45) is 0.975. The SMILES string of the molecule is COCCCNc1cc(N2CCNCC2)nc(C)n1. The van der Waals surface area contributed by atoms with E-state index in [1.165, 1.54) is 0 Å². The van der Waals surface area contributed by atoms with Gasteiger partial charge in [-0.15, -0.1) is 0 Å². The van der Waals surface area contributed by atoms with Gasteiger partial charge in [0.05, 0.1) is 0 Å². The Hall–Kier alpha value is -1.40. The first-order valence-corrected chi connectivity index (χ1v) is 6.84. The van der Waals surface area contributed by atoms with E-state index in [1.807, 2.05) is 13.0 Å². The molecule has 106 valence electrons. The highest BCUT2D eigenvalue weighted by Crippen LogP contribution is 2.16. The Kier molecular flexibility index (Phi) is 5.35. The molecule has 6 nitrogen and oxygen atoms in total. The van der Waals surface area contributed by atoms with Crippen molar-refractivity contribution in [2.45, 2.75) is 13.3 Å². The molecule has 1 saturated heterocycles. The third-order valence-corrected chi connectivity index (χ3v) is 3.10. The van der Waals surface area contributed by atoms with Crippen LogP contribution >= 0.6 is 0 Å². The molecule has 1 aliphatic heterocycles. The van der Waals surface area contributed by atoms with Gasteiger partial charge in [0.2, 0.25) is 0 Å². The van der Waals surface area contributed by atoms with Gasteiger partial charge in [-0.25, -0.2) is 9.97 Å². The molecule has 1 aromatic heterocycles. The van der Waals surface area contributed by atoms with Crippen molar-refractivity contribution in [3.8, 4) is 0 Å². The van der Waals surface area contributed by atoms with E-state index in [-0.39, 0.29) is 0 Å². The van der Waals surface area contributed by atoms with Gasteiger partial charge in [0, 0.05) is 52.5 Å². The van der Waals surface area contributed by atoms with Crippen molar-refractivity contribution < 1.29 is 4.74 Å². The first-order valence-electron chi connectivity index (χ1n) is 6.84. The van der Waals surface area contributed by atoms with Gasteiger partial charge >= 0.3 is 0 Å². The van der Waals surface area contributed by atoms with Gasteiger partial charge in [0.1, 0.15) is 17.5 Å². The minimum absolute atomic E-state index is 0.766. The summed E-state index contributed by atoms with van der Waals surface area (Å²) in [5.74, 6) is 2.73. The fraction of sp³-hybridized carbons (Fsp3) is 0.692. The third kappa shape index (κ3) is 4.33. The molecule has 1 aromatic rings. The van der Waals surface area contributed by atoms with Crippen LogP contribution in [-0.4, -0.2) is 56.4 Å². The summed E-state index contributed by atoms with van der Waals surface area (Å²) in [7, 11) is 1.72. The van der Waals surface area contributed by atoms with E-state index in [0.29, 0.717) is 0 Å². The maximum Gasteiger partial charge on any atom is 0.134 e. The second-order valence-electron chi connectivity index (χ2n) is 4.67. The molecule has 0 saturated carbocycles. The van der Waals surface area contributed by atoms with E-state index in [1.54, 1.807) is 7.11 Å². The van der Waals surface area contributed by atoms with Gasteiger partial charge in [0.15, 0.2) is 0 Å². The first kappa shape index (κ1) is 14.0. The number of ether oxygens (including phenoxy) is 1. The summed E-state index contributed by atoms with van der Waals surface area (Å²) in [4.78, 5) is 11.2. The number of hydrogen-bond donors (Lipinski definition) is 2. The normalized spacial score (nSPS) is 15.6. The molecule has 0 unspecified atom stereocenters. The minimum Gasteiger partial charge on any atom is -0.385 e. The number of piperazine rings is 1. The molecule has 2 N–H and O–H groups in total. The molecule has 0 aromatic carbocycles. The van der Waals surface area contributed by atoms with Gasteiger partial charge in [-0.3, -0.25) is 0 Å². The zero-order chi connectivity index (χ0) is 13.5. The summed E-state index contributed by atoms with van der Waals surface area (Å²) in [5.41, 5.74) is 0. The molecule has 6 heteroatoms. The van der Waals surface area contributed by atoms with Crippen LogP contribution in [0.2, 0.25) is 0 Å². The zero-order valence-electron chi connectivity index (χ0n) is 11.8. The highest BCUT2D eigenvalue weighted by molar-refractivity contribution is 5.49. The van der Waals surface area contributed by atoms with E-state index < -0.39 is 0 Å². The lowest BCUT2D eigenvalue weighted by molar-refractivity contribution is 0.198. The van der Waals surface area contributed by atoms with Crippen LogP contribution in [-0.2, 0) is 4.74 Å². The summed E-state index contributed by atoms with van der Waals surface area (Å²) in [6.45, 7) is 7.59. The number of nitrogens with zero attached hydrogens (tertiary/aromatic N) is 3. The van der Waals surface area contributed by atoms with Crippen molar-refractivity contribution in [1.82, 2.24) is 15.3 Å². The van der Waals surface area contributed by atoms with Crippen molar-refractivity contribution >= 4 is 11.6 Å². The van der Waals surface area contributed by atoms with Crippen molar-refractivity contribution in [2.75, 3.05) is 56.7 Å². The summed E-state index contributed by atoms with van der Waals surface area (Å²) in [5, 5.41) is 6.67. The Morgan fingerprint density at radius 2 is 2.16 bits per heavy atom. The second-order valence-corrected chi connectivity index (χ2v) is 4.67. The van der Waals surface area contributed by atoms with Crippen LogP contribution in [0.4, 0.5) is 11.6 Å². The summed E-state index contributed by atoms with van der Waals surface area (Å²) in [6, 6.07) is 2.03. The second kappa shape index (κ2) is 7.25. The Labute approximate surface area is 114 Å². The largest absolute Gasteiger partial charge is 0.385 e. The molecule has 0 spiro atoms. The van der Waals surface area contributed by atoms with E-state index in [0.717, 1.165) is 63.2 Å². The molecule has 0 amide bonds. The number of aryl methyl sites for hydroxylation is 1. The standard InChI is InChI=1S/C13H23N5O/c1-11-16-12(15-4-3-9-19-2)10-13(17-11)18-7-5-14-6-8-18/h10,14H,3-9H2,1-2H3,(H,15,16,17). The predicted molar refractivity (Wildman–Crippen MR) is 76.8 cm³/mol. The number of rotatable bonds is 6. The average molecular weight is 265 g/mol. The maximum atomic E-state index is 5.03. The fourth-order valence-corrected chi connectivity index (χ4v) is 2.13. The molecule has 2 heterocycles. The van der Waals surface area contributed by atoms with Crippen LogP contribution in [0.3, 0.4) is 0 Å². The first-order chi connectivity index (χ1) is 9.29. The van der Waals surface area contributed by atoms with Gasteiger partial charge < -0.3 is 20.3 Å². The van der Waals surface area contributed by atoms with Crippen LogP contribution in [0.15, 0.2) is 6.07 Å². The van der Waals surface area contributed by atoms with Crippen molar-refractivity contribution in [1.29, 1.82) is 0 Å². The third-order valence-electron chi connectivity index (χ3n) is 3.10. The van der Waals surface area contributed by atoms with Gasteiger partial charge in [-0.1, -0.05) is 0 Å². The highest BCUT2D eigenvalue weighted by atomic mass is 16.5. The average Bonchev–Trinajstić information content (AvgIpc) is 2.44. The Bertz CT molecular complexity index is 393. The molecule has 1 fully saturated rings. The van der Waals surface area contributed by atoms with E-state index in [2.05, 4.69) is 25.5 Å². The van der Waals surface area contributed by atoms with Crippen LogP contribution in [0.25, 0.3) is 0 Å². The molecule has 1 aliphatic rings. The lowest BCUT2D eigenvalue weighted by Crippen LogP contribution is -2.44. The molecule has 0 radical (unpaired) electrons. The molecule has 0 atom stereocenters. The van der Waals surface area contributed by atoms with E-state index >= 15 is 0 Å². The van der Waals surface area contributed by atoms with Crippen molar-refractivity contribution in [2.24, 2.45) is 0 Å². The van der Waals surface area contributed by atoms with Gasteiger partial charge in [-0.05, 0) is 13.3 Å². The fourth-order valence-electron chi connectivity index (χ4n) is 2.13. The zero-order valence-corrected chi connectivity index (χ0v) is 11.8. The van der Waals surface area contributed by atoms with Crippen LogP contribution in [0.1, 0.15) is 12.2 Å². The molecule has 0 bridgehead atoms. The molecule has 0 aliphatic carbocycles. The predicted octanol–water partition coefficient (Wildman–Crippen LogP) is 0.643. The minimum atomic E-state index is 0.766. The topological polar surface area (TPSA) is 62.3 Å². The smallest absolute Gasteiger partial charge is 0.134 e. The lowest BCUT2D eigenvalue weighted by atomic mass is 10.3. The van der Waals surface area contributed by atoms with Gasteiger partial charge in [-0.2, -0.15) is 0 Å². The molecular weight excluding hydrogens is 242 g/mol. The van der Waals surface area contributed by atoms with Crippen molar-refractivity contribution in [3.05, 3.63) is 11.9 Å². The Balaban J connectivity index is 1.97. The van der Waals surface area contributed by atoms with Crippen LogP contribution in [0, 0.1) is 6.92 Å². The number of anilines is 2. The van der Waals surface area contributed by atoms with Gasteiger partial charge in [0.25, 0.3) is 0 Å². The molecule has 19 heavy (non-hydrogen) atoms. The summed E-state index contributed by atoms with van der Waals surface area (Å²) < 4.78 is 5.03. The Morgan fingerprint density at radius 3 is 2.89 bits per heavy atom. The molecule has 2 rings (SSSR count).